The van der Waals surface area contributed by atoms with E-state index in [1.165, 1.54) is 17.0 Å². The van der Waals surface area contributed by atoms with Crippen LogP contribution in [0.4, 0.5) is 5.69 Å². The van der Waals surface area contributed by atoms with Gasteiger partial charge in [-0.2, -0.15) is 0 Å². The molecule has 7 heteroatoms. The van der Waals surface area contributed by atoms with E-state index in [1.807, 2.05) is 18.2 Å². The van der Waals surface area contributed by atoms with Crippen molar-refractivity contribution in [1.29, 1.82) is 0 Å². The number of halogens is 1. The molecule has 1 amide bonds. The van der Waals surface area contributed by atoms with E-state index in [4.69, 9.17) is 5.73 Å². The second kappa shape index (κ2) is 7.42. The predicted octanol–water partition coefficient (Wildman–Crippen LogP) is 2.42. The van der Waals surface area contributed by atoms with Gasteiger partial charge >= 0.3 is 0 Å². The Hall–Kier alpha value is -1.44. The van der Waals surface area contributed by atoms with E-state index in [9.17, 15) is 4.79 Å². The number of aromatic nitrogens is 1. The quantitative estimate of drug-likeness (QED) is 0.816. The molecule has 0 spiro atoms. The van der Waals surface area contributed by atoms with E-state index < -0.39 is 0 Å². The Kier molecular flexibility index (Phi) is 5.30. The number of carbonyl (C=O) groups excluding carboxylic acids is 1. The Balaban J connectivity index is 1.59. The van der Waals surface area contributed by atoms with E-state index in [1.54, 1.807) is 5.38 Å². The molecule has 5 nitrogen and oxygen atoms in total. The van der Waals surface area contributed by atoms with Gasteiger partial charge in [-0.3, -0.25) is 4.79 Å². The summed E-state index contributed by atoms with van der Waals surface area (Å²) in [6.45, 7) is 2.30. The lowest BCUT2D eigenvalue weighted by Crippen LogP contribution is -2.37. The van der Waals surface area contributed by atoms with Gasteiger partial charge in [0.25, 0.3) is 5.91 Å². The average Bonchev–Trinajstić information content (AvgIpc) is 3.18. The number of para-hydroxylation sites is 1. The standard InChI is InChI=1S/C16H19BrN4OS/c17-12-3-1-2-4-14(12)21-8-6-11(9-21)19-16(22)13-10-23-15(20-13)5-7-18/h1-4,10-11H,5-9,18H2,(H,19,22). The second-order valence-corrected chi connectivity index (χ2v) is 7.32. The van der Waals surface area contributed by atoms with Crippen LogP contribution in [-0.4, -0.2) is 36.6 Å². The molecule has 3 rings (SSSR count). The predicted molar refractivity (Wildman–Crippen MR) is 97.1 cm³/mol. The zero-order valence-electron chi connectivity index (χ0n) is 12.7. The molecule has 1 aromatic heterocycles. The molecule has 0 radical (unpaired) electrons. The number of amides is 1. The molecule has 1 unspecified atom stereocenters. The van der Waals surface area contributed by atoms with Gasteiger partial charge in [-0.05, 0) is 41.0 Å². The van der Waals surface area contributed by atoms with Crippen LogP contribution in [-0.2, 0) is 6.42 Å². The minimum absolute atomic E-state index is 0.0940. The van der Waals surface area contributed by atoms with Crippen LogP contribution in [0.1, 0.15) is 21.9 Å². The van der Waals surface area contributed by atoms with Crippen molar-refractivity contribution in [2.75, 3.05) is 24.5 Å². The van der Waals surface area contributed by atoms with Crippen LogP contribution in [0.25, 0.3) is 0 Å². The molecule has 0 aliphatic carbocycles. The van der Waals surface area contributed by atoms with Crippen LogP contribution < -0.4 is 16.0 Å². The smallest absolute Gasteiger partial charge is 0.271 e. The summed E-state index contributed by atoms with van der Waals surface area (Å²) in [6.07, 6.45) is 1.66. The van der Waals surface area contributed by atoms with Crippen molar-refractivity contribution in [1.82, 2.24) is 10.3 Å². The van der Waals surface area contributed by atoms with Crippen LogP contribution in [0.3, 0.4) is 0 Å². The van der Waals surface area contributed by atoms with Crippen molar-refractivity contribution in [3.05, 3.63) is 44.8 Å². The lowest BCUT2D eigenvalue weighted by Gasteiger charge is -2.20. The summed E-state index contributed by atoms with van der Waals surface area (Å²) >= 11 is 5.07. The molecule has 3 N–H and O–H groups in total. The maximum Gasteiger partial charge on any atom is 0.271 e. The Labute approximate surface area is 148 Å². The highest BCUT2D eigenvalue weighted by atomic mass is 79.9. The first-order chi connectivity index (χ1) is 11.2. The van der Waals surface area contributed by atoms with Gasteiger partial charge in [0.1, 0.15) is 5.69 Å². The number of thiazole rings is 1. The second-order valence-electron chi connectivity index (χ2n) is 5.52. The molecule has 0 saturated carbocycles. The molecule has 23 heavy (non-hydrogen) atoms. The Morgan fingerprint density at radius 3 is 3.09 bits per heavy atom. The number of hydrogen-bond acceptors (Lipinski definition) is 5. The van der Waals surface area contributed by atoms with Crippen molar-refractivity contribution in [3.63, 3.8) is 0 Å². The van der Waals surface area contributed by atoms with E-state index in [-0.39, 0.29) is 11.9 Å². The summed E-state index contributed by atoms with van der Waals surface area (Å²) in [6, 6.07) is 8.31. The van der Waals surface area contributed by atoms with Gasteiger partial charge in [0, 0.05) is 35.4 Å². The van der Waals surface area contributed by atoms with E-state index >= 15 is 0 Å². The SMILES string of the molecule is NCCc1nc(C(=O)NC2CCN(c3ccccc3Br)C2)cs1. The zero-order valence-corrected chi connectivity index (χ0v) is 15.1. The fraction of sp³-hybridized carbons (Fsp3) is 0.375. The van der Waals surface area contributed by atoms with Crippen molar-refractivity contribution in [2.24, 2.45) is 5.73 Å². The van der Waals surface area contributed by atoms with Gasteiger partial charge in [-0.25, -0.2) is 4.98 Å². The fourth-order valence-electron chi connectivity index (χ4n) is 2.72. The van der Waals surface area contributed by atoms with Gasteiger partial charge in [0.05, 0.1) is 10.7 Å². The van der Waals surface area contributed by atoms with Crippen LogP contribution >= 0.6 is 27.3 Å². The Morgan fingerprint density at radius 1 is 1.48 bits per heavy atom. The Bertz CT molecular complexity index is 690. The Morgan fingerprint density at radius 2 is 2.30 bits per heavy atom. The lowest BCUT2D eigenvalue weighted by molar-refractivity contribution is 0.0936. The third kappa shape index (κ3) is 3.91. The van der Waals surface area contributed by atoms with Gasteiger partial charge in [-0.15, -0.1) is 11.3 Å². The molecule has 122 valence electrons. The van der Waals surface area contributed by atoms with Crippen molar-refractivity contribution in [2.45, 2.75) is 18.9 Å². The summed E-state index contributed by atoms with van der Waals surface area (Å²) in [4.78, 5) is 18.9. The van der Waals surface area contributed by atoms with Crippen molar-refractivity contribution in [3.8, 4) is 0 Å². The zero-order chi connectivity index (χ0) is 16.2. The van der Waals surface area contributed by atoms with Gasteiger partial charge in [0.15, 0.2) is 0 Å². The molecule has 0 bridgehead atoms. The van der Waals surface area contributed by atoms with Gasteiger partial charge < -0.3 is 16.0 Å². The first kappa shape index (κ1) is 16.4. The highest BCUT2D eigenvalue weighted by Gasteiger charge is 2.26. The topological polar surface area (TPSA) is 71.2 Å². The third-order valence-corrected chi connectivity index (χ3v) is 5.44. The minimum atomic E-state index is -0.0940. The van der Waals surface area contributed by atoms with Gasteiger partial charge in [0.2, 0.25) is 0 Å². The minimum Gasteiger partial charge on any atom is -0.368 e. The fourth-order valence-corrected chi connectivity index (χ4v) is 4.05. The molecule has 1 fully saturated rings. The molecule has 2 aromatic rings. The maximum atomic E-state index is 12.3. The highest BCUT2D eigenvalue weighted by Crippen LogP contribution is 2.28. The lowest BCUT2D eigenvalue weighted by atomic mass is 10.2. The molecule has 1 saturated heterocycles. The third-order valence-electron chi connectivity index (χ3n) is 3.86. The summed E-state index contributed by atoms with van der Waals surface area (Å²) in [5.74, 6) is -0.0940. The van der Waals surface area contributed by atoms with Crippen molar-refractivity contribution >= 4 is 38.9 Å². The molecule has 1 atom stereocenters. The van der Waals surface area contributed by atoms with Crippen LogP contribution in [0.15, 0.2) is 34.1 Å². The van der Waals surface area contributed by atoms with E-state index in [2.05, 4.69) is 37.2 Å². The van der Waals surface area contributed by atoms with Crippen LogP contribution in [0.5, 0.6) is 0 Å². The number of rotatable bonds is 5. The molecular weight excluding hydrogens is 376 g/mol. The van der Waals surface area contributed by atoms with Crippen LogP contribution in [0.2, 0.25) is 0 Å². The largest absolute Gasteiger partial charge is 0.368 e. The number of nitrogens with one attached hydrogen (secondary N) is 1. The molecular formula is C16H19BrN4OS. The number of nitrogens with zero attached hydrogens (tertiary/aromatic N) is 2. The van der Waals surface area contributed by atoms with Crippen molar-refractivity contribution < 1.29 is 4.79 Å². The number of benzene rings is 1. The summed E-state index contributed by atoms with van der Waals surface area (Å²) in [5.41, 5.74) is 7.18. The maximum absolute atomic E-state index is 12.3. The summed E-state index contributed by atoms with van der Waals surface area (Å²) in [7, 11) is 0. The monoisotopic (exact) mass is 394 g/mol. The number of hydrogen-bond donors (Lipinski definition) is 2. The normalized spacial score (nSPS) is 17.5. The summed E-state index contributed by atoms with van der Waals surface area (Å²) < 4.78 is 1.08. The molecule has 2 heterocycles. The molecule has 1 aliphatic rings. The van der Waals surface area contributed by atoms with Gasteiger partial charge in [-0.1, -0.05) is 12.1 Å². The molecule has 1 aliphatic heterocycles. The van der Waals surface area contributed by atoms with Crippen LogP contribution in [0, 0.1) is 0 Å². The average molecular weight is 395 g/mol. The number of anilines is 1. The number of nitrogens with two attached hydrogens (primary N) is 1. The molecule has 1 aromatic carbocycles. The van der Waals surface area contributed by atoms with E-state index in [0.29, 0.717) is 12.2 Å². The highest BCUT2D eigenvalue weighted by molar-refractivity contribution is 9.10. The summed E-state index contributed by atoms with van der Waals surface area (Å²) in [5, 5.41) is 5.81. The first-order valence-corrected chi connectivity index (χ1v) is 9.29. The van der Waals surface area contributed by atoms with E-state index in [0.717, 1.165) is 35.4 Å². The number of carbonyl (C=O) groups is 1. The first-order valence-electron chi connectivity index (χ1n) is 7.62.